The van der Waals surface area contributed by atoms with Crippen LogP contribution in [0.1, 0.15) is 105 Å². The lowest BCUT2D eigenvalue weighted by molar-refractivity contribution is 0.191. The summed E-state index contributed by atoms with van der Waals surface area (Å²) in [5.41, 5.74) is 26.7. The Kier molecular flexibility index (Phi) is 23.1. The summed E-state index contributed by atoms with van der Waals surface area (Å²) < 4.78 is 24.7. The fourth-order valence-corrected chi connectivity index (χ4v) is 17.2. The molecule has 24 nitrogen and oxygen atoms in total. The summed E-state index contributed by atoms with van der Waals surface area (Å²) in [4.78, 5) is 102. The van der Waals surface area contributed by atoms with E-state index in [4.69, 9.17) is 109 Å². The van der Waals surface area contributed by atoms with Gasteiger partial charge < -0.3 is 28.9 Å². The molecular formula is C116H102N20O4. The maximum absolute atomic E-state index is 6.17. The first-order valence-electron chi connectivity index (χ1n) is 46.9. The molecule has 140 heavy (non-hydrogen) atoms. The van der Waals surface area contributed by atoms with Crippen LogP contribution < -0.4 is 18.9 Å². The average molecular weight is 1840 g/mol. The summed E-state index contributed by atoms with van der Waals surface area (Å²) in [6.45, 7) is 36.1. The molecule has 0 spiro atoms. The number of rotatable bonds is 20. The number of nitrogens with zero attached hydrogens (tertiary/aromatic N) is 18. The molecule has 0 saturated heterocycles. The molecule has 0 atom stereocenters. The topological polar surface area (TPSA) is 301 Å². The van der Waals surface area contributed by atoms with Crippen molar-refractivity contribution in [3.8, 4) is 205 Å². The van der Waals surface area contributed by atoms with Gasteiger partial charge in [0.2, 0.25) is 23.5 Å². The molecule has 690 valence electrons. The third kappa shape index (κ3) is 19.1. The maximum atomic E-state index is 6.17. The molecule has 0 saturated carbocycles. The van der Waals surface area contributed by atoms with Gasteiger partial charge in [0.1, 0.15) is 22.6 Å². The van der Waals surface area contributed by atoms with Gasteiger partial charge in [0.05, 0.1) is 118 Å². The third-order valence-corrected chi connectivity index (χ3v) is 24.1. The number of pyridine rings is 12. The van der Waals surface area contributed by atoms with Gasteiger partial charge in [0.15, 0.2) is 23.3 Å². The fraction of sp³-hybridized carbons (Fsp3) is 0.207. The zero-order chi connectivity index (χ0) is 96.6. The number of hydrogen-bond donors (Lipinski definition) is 2. The number of aromatic nitrogens is 20. The van der Waals surface area contributed by atoms with Crippen LogP contribution in [0.25, 0.3) is 225 Å². The largest absolute Gasteiger partial charge is 0.477 e. The first kappa shape index (κ1) is 89.8. The second-order valence-electron chi connectivity index (χ2n) is 40.7. The van der Waals surface area contributed by atoms with E-state index in [-0.39, 0.29) is 21.7 Å². The Morgan fingerprint density at radius 3 is 0.657 bits per heavy atom. The van der Waals surface area contributed by atoms with Crippen molar-refractivity contribution >= 4 is 44.1 Å². The molecule has 2 N–H and O–H groups in total. The Balaban J connectivity index is 0.749. The second kappa shape index (κ2) is 36.1. The highest BCUT2D eigenvalue weighted by atomic mass is 16.5. The van der Waals surface area contributed by atoms with E-state index >= 15 is 0 Å². The summed E-state index contributed by atoms with van der Waals surface area (Å²) in [7, 11) is 0. The van der Waals surface area contributed by atoms with Crippen molar-refractivity contribution in [1.82, 2.24) is 99.7 Å². The molecule has 24 heteroatoms. The molecule has 4 aromatic carbocycles. The minimum atomic E-state index is -0.0577. The molecule has 2 aliphatic rings. The van der Waals surface area contributed by atoms with E-state index in [1.165, 1.54) is 0 Å². The van der Waals surface area contributed by atoms with Crippen molar-refractivity contribution in [3.05, 3.63) is 290 Å². The van der Waals surface area contributed by atoms with Crippen LogP contribution in [-0.4, -0.2) is 126 Å². The third-order valence-electron chi connectivity index (χ3n) is 24.1. The summed E-state index contributed by atoms with van der Waals surface area (Å²) in [5.74, 6) is 3.78. The van der Waals surface area contributed by atoms with Crippen LogP contribution in [0, 0.1) is 49.4 Å². The monoisotopic (exact) mass is 1840 g/mol. The summed E-state index contributed by atoms with van der Waals surface area (Å²) in [6.07, 6.45) is 7.32. The van der Waals surface area contributed by atoms with E-state index in [1.54, 1.807) is 0 Å². The highest BCUT2D eigenvalue weighted by Crippen LogP contribution is 2.46. The van der Waals surface area contributed by atoms with Gasteiger partial charge in [-0.15, -0.1) is 0 Å². The Hall–Kier alpha value is -16.8. The number of aryl methyl sites for hydroxylation is 4. The van der Waals surface area contributed by atoms with Crippen molar-refractivity contribution in [3.63, 3.8) is 0 Å². The van der Waals surface area contributed by atoms with E-state index in [1.807, 2.05) is 195 Å². The lowest BCUT2D eigenvalue weighted by atomic mass is 9.94. The number of fused-ring (bicyclic) bond motifs is 20. The average Bonchev–Trinajstić information content (AvgIpc) is 1.58. The van der Waals surface area contributed by atoms with Gasteiger partial charge >= 0.3 is 0 Å². The quantitative estimate of drug-likeness (QED) is 0.0716. The number of H-pyrrole nitrogens is 2. The minimum absolute atomic E-state index is 0.0577. The lowest BCUT2D eigenvalue weighted by Gasteiger charge is -2.18. The van der Waals surface area contributed by atoms with Crippen molar-refractivity contribution in [2.75, 3.05) is 26.4 Å². The maximum Gasteiger partial charge on any atom is 0.213 e. The first-order chi connectivity index (χ1) is 67.3. The van der Waals surface area contributed by atoms with Crippen LogP contribution in [0.3, 0.4) is 0 Å². The zero-order valence-corrected chi connectivity index (χ0v) is 80.9. The molecule has 15 aromatic heterocycles. The van der Waals surface area contributed by atoms with Crippen LogP contribution >= 0.6 is 0 Å². The molecule has 17 heterocycles. The van der Waals surface area contributed by atoms with Gasteiger partial charge in [-0.1, -0.05) is 132 Å². The summed E-state index contributed by atoms with van der Waals surface area (Å²) >= 11 is 0. The minimum Gasteiger partial charge on any atom is -0.477 e. The molecule has 0 amide bonds. The molecule has 0 unspecified atom stereocenters. The smallest absolute Gasteiger partial charge is 0.213 e. The Morgan fingerprint density at radius 1 is 0.200 bits per heavy atom. The molecule has 0 aliphatic carbocycles. The van der Waals surface area contributed by atoms with Crippen molar-refractivity contribution < 1.29 is 18.9 Å². The Labute approximate surface area is 811 Å². The predicted molar refractivity (Wildman–Crippen MR) is 554 cm³/mol. The van der Waals surface area contributed by atoms with Crippen LogP contribution in [0.4, 0.5) is 0 Å². The number of ether oxygens (including phenoxy) is 4. The number of nitrogens with one attached hydrogen (secondary N) is 2. The van der Waals surface area contributed by atoms with E-state index < -0.39 is 0 Å². The standard InChI is InChI=1S/C116H102N20O4/c1-65-49-77-81(57-73(65)69-41-45-117-97(53-69)93-29-17-25-85(121-93)89-33-21-37-101(125-89)137-61-113(5,6)7)109-129-105(77)133-110-82-58-74(70-42-46-118-98(54-70)94-30-18-26-86(122-94)90-34-22-38-102(126-90)138-62-114(8,9)10)66(2)50-78(82)107(130-110)135-112-84-60-76(72-44-48-120-100(56-72)96-32-20-28-88(124-96)92-36-24-40-104(128-92)140-64-116(14,15)16)68(4)52-80(84)108(132-112)136-111-83-59-75(67(3)51-79(83)106(131-111)134-109)71-43-47-119-99(55-71)95-31-19-27-87(123-95)91-35-23-39-103(127-91)139-63-115(11,12)13/h17-60H,61-64H2,1-16H3,(H2,129,130,131,132,133,134,135,136). The normalized spacial score (nSPS) is 12.1. The molecule has 0 radical (unpaired) electrons. The SMILES string of the molecule is Cc1cc2c(cc1-c1ccnc(-c3cccc(-c4cccc(OCC(C)(C)C)n4)n3)c1)-c1nc-2nc2[nH]c(nc3nc(nc4[nH]c(n1)c1cc(C)c(-c5ccnc(-c6cccc(-c7cccc(OCC(C)(C)C)n7)n6)c5)cc41)-c1cc(C)c(-c4ccnc(-c5cccc(-c6cccc(OCC(C)(C)C)n6)n5)c4)cc1-3)c1cc(C)c(-c3ccnc(-c4cccc(-c5cccc(OCC(C)(C)C)n5)n4)c3)cc21. The Morgan fingerprint density at radius 2 is 0.407 bits per heavy atom. The molecule has 21 rings (SSSR count). The van der Waals surface area contributed by atoms with Crippen LogP contribution in [0.5, 0.6) is 23.5 Å². The van der Waals surface area contributed by atoms with Gasteiger partial charge in [0.25, 0.3) is 0 Å². The van der Waals surface area contributed by atoms with Crippen LogP contribution in [-0.2, 0) is 0 Å². The highest BCUT2D eigenvalue weighted by Gasteiger charge is 2.29. The fourth-order valence-electron chi connectivity index (χ4n) is 17.2. The Bertz CT molecular complexity index is 7860. The number of aromatic amines is 2. The molecule has 19 aromatic rings. The predicted octanol–water partition coefficient (Wildman–Crippen LogP) is 26.5. The van der Waals surface area contributed by atoms with Crippen molar-refractivity contribution in [1.29, 1.82) is 0 Å². The highest BCUT2D eigenvalue weighted by molar-refractivity contribution is 6.09. The van der Waals surface area contributed by atoms with E-state index in [9.17, 15) is 0 Å². The van der Waals surface area contributed by atoms with Gasteiger partial charge in [-0.05, 0) is 286 Å². The van der Waals surface area contributed by atoms with Gasteiger partial charge in [-0.3, -0.25) is 19.9 Å². The second-order valence-corrected chi connectivity index (χ2v) is 40.7. The van der Waals surface area contributed by atoms with Gasteiger partial charge in [-0.2, -0.15) is 0 Å². The summed E-state index contributed by atoms with van der Waals surface area (Å²) in [6, 6.07) is 80.5. The van der Waals surface area contributed by atoms with E-state index in [2.05, 4.69) is 194 Å². The van der Waals surface area contributed by atoms with E-state index in [0.717, 1.165) is 111 Å². The summed E-state index contributed by atoms with van der Waals surface area (Å²) in [5, 5.41) is 3.10. The molecule has 8 bridgehead atoms. The number of hydrogen-bond acceptors (Lipinski definition) is 22. The number of benzene rings is 4. The zero-order valence-electron chi connectivity index (χ0n) is 80.9. The lowest BCUT2D eigenvalue weighted by Crippen LogP contribution is -2.17. The first-order valence-corrected chi connectivity index (χ1v) is 46.9. The molecular weight excluding hydrogens is 1740 g/mol. The van der Waals surface area contributed by atoms with Crippen molar-refractivity contribution in [2.45, 2.75) is 111 Å². The van der Waals surface area contributed by atoms with Crippen LogP contribution in [0.2, 0.25) is 0 Å². The van der Waals surface area contributed by atoms with Gasteiger partial charge in [0, 0.05) is 92.9 Å². The van der Waals surface area contributed by atoms with Crippen LogP contribution in [0.15, 0.2) is 267 Å². The van der Waals surface area contributed by atoms with Gasteiger partial charge in [-0.25, -0.2) is 69.8 Å². The van der Waals surface area contributed by atoms with Crippen molar-refractivity contribution in [2.24, 2.45) is 21.7 Å². The van der Waals surface area contributed by atoms with E-state index in [0.29, 0.717) is 187 Å². The molecule has 0 fully saturated rings. The molecule has 2 aliphatic heterocycles.